The molecule has 0 unspecified atom stereocenters. The van der Waals surface area contributed by atoms with Crippen LogP contribution in [0.5, 0.6) is 5.75 Å². The van der Waals surface area contributed by atoms with E-state index in [1.807, 2.05) is 0 Å². The maximum Gasteiger partial charge on any atom is 0.250 e. The van der Waals surface area contributed by atoms with Gasteiger partial charge in [-0.15, -0.1) is 10.2 Å². The van der Waals surface area contributed by atoms with Crippen LogP contribution in [0.15, 0.2) is 21.0 Å². The minimum Gasteiger partial charge on any atom is -0.496 e. The lowest BCUT2D eigenvalue weighted by molar-refractivity contribution is 0.410. The van der Waals surface area contributed by atoms with E-state index in [4.69, 9.17) is 9.15 Å². The summed E-state index contributed by atoms with van der Waals surface area (Å²) < 4.78 is 25.0. The van der Waals surface area contributed by atoms with Gasteiger partial charge in [-0.05, 0) is 40.9 Å². The molecule has 3 rings (SSSR count). The second-order valence-electron chi connectivity index (χ2n) is 4.19. The van der Waals surface area contributed by atoms with Crippen molar-refractivity contribution in [3.8, 4) is 17.2 Å². The van der Waals surface area contributed by atoms with Crippen LogP contribution in [0.25, 0.3) is 11.5 Å². The minimum atomic E-state index is -0.423. The Kier molecular flexibility index (Phi) is 2.81. The molecule has 0 saturated heterocycles. The summed E-state index contributed by atoms with van der Waals surface area (Å²) in [5, 5.41) is 7.82. The maximum absolute atomic E-state index is 13.9. The molecule has 0 atom stereocenters. The van der Waals surface area contributed by atoms with Gasteiger partial charge in [0.05, 0.1) is 17.1 Å². The Morgan fingerprint density at radius 1 is 1.39 bits per heavy atom. The van der Waals surface area contributed by atoms with Gasteiger partial charge in [0.2, 0.25) is 5.89 Å². The predicted octanol–water partition coefficient (Wildman–Crippen LogP) is 3.52. The van der Waals surface area contributed by atoms with E-state index in [1.54, 1.807) is 6.07 Å². The zero-order valence-corrected chi connectivity index (χ0v) is 11.2. The van der Waals surface area contributed by atoms with E-state index >= 15 is 0 Å². The van der Waals surface area contributed by atoms with Gasteiger partial charge in [0, 0.05) is 5.92 Å². The molecule has 1 aromatic carbocycles. The molecule has 1 aliphatic carbocycles. The molecule has 0 spiro atoms. The molecule has 0 bridgehead atoms. The zero-order valence-electron chi connectivity index (χ0n) is 9.61. The van der Waals surface area contributed by atoms with Crippen molar-refractivity contribution in [1.82, 2.24) is 10.2 Å². The lowest BCUT2D eigenvalue weighted by Crippen LogP contribution is -1.90. The SMILES string of the molecule is COc1cc(-c2nnc(C3CC3)o2)c(F)cc1Br. The van der Waals surface area contributed by atoms with E-state index in [9.17, 15) is 4.39 Å². The summed E-state index contributed by atoms with van der Waals surface area (Å²) in [6.45, 7) is 0. The summed E-state index contributed by atoms with van der Waals surface area (Å²) >= 11 is 3.22. The Bertz CT molecular complexity index is 596. The largest absolute Gasteiger partial charge is 0.496 e. The molecule has 4 nitrogen and oxygen atoms in total. The molecular formula is C12H10BrFN2O2. The Balaban J connectivity index is 2.03. The highest BCUT2D eigenvalue weighted by Crippen LogP contribution is 2.40. The third-order valence-electron chi connectivity index (χ3n) is 2.84. The summed E-state index contributed by atoms with van der Waals surface area (Å²) in [4.78, 5) is 0. The molecule has 1 aliphatic rings. The van der Waals surface area contributed by atoms with Crippen LogP contribution in [-0.2, 0) is 0 Å². The van der Waals surface area contributed by atoms with Crippen molar-refractivity contribution in [2.45, 2.75) is 18.8 Å². The summed E-state index contributed by atoms with van der Waals surface area (Å²) in [6, 6.07) is 2.87. The number of ether oxygens (including phenoxy) is 1. The standard InChI is InChI=1S/C12H10BrFN2O2/c1-17-10-4-7(9(14)5-8(10)13)12-16-15-11(18-12)6-2-3-6/h4-6H,2-3H2,1H3. The average molecular weight is 313 g/mol. The van der Waals surface area contributed by atoms with Crippen LogP contribution in [0, 0.1) is 5.82 Å². The van der Waals surface area contributed by atoms with Gasteiger partial charge in [-0.1, -0.05) is 0 Å². The third kappa shape index (κ3) is 2.01. The molecule has 6 heteroatoms. The van der Waals surface area contributed by atoms with Crippen molar-refractivity contribution in [2.75, 3.05) is 7.11 Å². The minimum absolute atomic E-state index is 0.195. The molecule has 1 saturated carbocycles. The van der Waals surface area contributed by atoms with E-state index in [0.717, 1.165) is 12.8 Å². The Morgan fingerprint density at radius 2 is 2.17 bits per heavy atom. The predicted molar refractivity (Wildman–Crippen MR) is 65.9 cm³/mol. The van der Waals surface area contributed by atoms with Crippen LogP contribution in [-0.4, -0.2) is 17.3 Å². The van der Waals surface area contributed by atoms with E-state index in [1.165, 1.54) is 13.2 Å². The van der Waals surface area contributed by atoms with Gasteiger partial charge < -0.3 is 9.15 Å². The first-order valence-electron chi connectivity index (χ1n) is 5.56. The van der Waals surface area contributed by atoms with Gasteiger partial charge in [-0.2, -0.15) is 0 Å². The van der Waals surface area contributed by atoms with Crippen LogP contribution >= 0.6 is 15.9 Å². The quantitative estimate of drug-likeness (QED) is 0.870. The van der Waals surface area contributed by atoms with Crippen LogP contribution in [0.3, 0.4) is 0 Å². The molecule has 0 amide bonds. The van der Waals surface area contributed by atoms with Gasteiger partial charge in [-0.3, -0.25) is 0 Å². The second kappa shape index (κ2) is 4.35. The first-order valence-corrected chi connectivity index (χ1v) is 6.35. The molecule has 1 aromatic heterocycles. The fourth-order valence-corrected chi connectivity index (χ4v) is 2.17. The Labute approximate surface area is 111 Å². The van der Waals surface area contributed by atoms with Crippen molar-refractivity contribution in [3.05, 3.63) is 28.3 Å². The summed E-state index contributed by atoms with van der Waals surface area (Å²) in [6.07, 6.45) is 2.13. The number of benzene rings is 1. The second-order valence-corrected chi connectivity index (χ2v) is 5.04. The first kappa shape index (κ1) is 11.6. The van der Waals surface area contributed by atoms with E-state index in [2.05, 4.69) is 26.1 Å². The van der Waals surface area contributed by atoms with E-state index in [0.29, 0.717) is 22.0 Å². The number of rotatable bonds is 3. The van der Waals surface area contributed by atoms with Crippen LogP contribution in [0.2, 0.25) is 0 Å². The number of halogens is 2. The highest BCUT2D eigenvalue weighted by molar-refractivity contribution is 9.10. The van der Waals surface area contributed by atoms with Gasteiger partial charge in [-0.25, -0.2) is 4.39 Å². The number of aromatic nitrogens is 2. The lowest BCUT2D eigenvalue weighted by atomic mass is 10.2. The molecule has 0 N–H and O–H groups in total. The van der Waals surface area contributed by atoms with Crippen molar-refractivity contribution < 1.29 is 13.5 Å². The molecule has 1 heterocycles. The monoisotopic (exact) mass is 312 g/mol. The van der Waals surface area contributed by atoms with Crippen molar-refractivity contribution >= 4 is 15.9 Å². The summed E-state index contributed by atoms with van der Waals surface area (Å²) in [7, 11) is 1.52. The smallest absolute Gasteiger partial charge is 0.250 e. The van der Waals surface area contributed by atoms with Crippen LogP contribution in [0.4, 0.5) is 4.39 Å². The molecule has 0 aliphatic heterocycles. The highest BCUT2D eigenvalue weighted by Gasteiger charge is 2.30. The Morgan fingerprint density at radius 3 is 2.83 bits per heavy atom. The average Bonchev–Trinajstić information content (AvgIpc) is 3.09. The lowest BCUT2D eigenvalue weighted by Gasteiger charge is -2.05. The van der Waals surface area contributed by atoms with Gasteiger partial charge in [0.25, 0.3) is 5.89 Å². The number of hydrogen-bond acceptors (Lipinski definition) is 4. The van der Waals surface area contributed by atoms with Crippen molar-refractivity contribution in [2.24, 2.45) is 0 Å². The number of hydrogen-bond donors (Lipinski definition) is 0. The molecule has 1 fully saturated rings. The molecular weight excluding hydrogens is 303 g/mol. The normalized spacial score (nSPS) is 14.8. The highest BCUT2D eigenvalue weighted by atomic mass is 79.9. The number of nitrogens with zero attached hydrogens (tertiary/aromatic N) is 2. The fraction of sp³-hybridized carbons (Fsp3) is 0.333. The maximum atomic E-state index is 13.9. The zero-order chi connectivity index (χ0) is 12.7. The molecule has 94 valence electrons. The number of methoxy groups -OCH3 is 1. The topological polar surface area (TPSA) is 48.2 Å². The van der Waals surface area contributed by atoms with Crippen LogP contribution < -0.4 is 4.74 Å². The van der Waals surface area contributed by atoms with Gasteiger partial charge in [0.15, 0.2) is 0 Å². The Hall–Kier alpha value is -1.43. The van der Waals surface area contributed by atoms with E-state index < -0.39 is 5.82 Å². The molecule has 18 heavy (non-hydrogen) atoms. The molecule has 2 aromatic rings. The van der Waals surface area contributed by atoms with Gasteiger partial charge in [0.1, 0.15) is 11.6 Å². The van der Waals surface area contributed by atoms with E-state index in [-0.39, 0.29) is 11.5 Å². The summed E-state index contributed by atoms with van der Waals surface area (Å²) in [5.41, 5.74) is 0.259. The van der Waals surface area contributed by atoms with Crippen LogP contribution in [0.1, 0.15) is 24.7 Å². The van der Waals surface area contributed by atoms with Gasteiger partial charge >= 0.3 is 0 Å². The van der Waals surface area contributed by atoms with Crippen molar-refractivity contribution in [3.63, 3.8) is 0 Å². The fourth-order valence-electron chi connectivity index (χ4n) is 1.69. The summed E-state index contributed by atoms with van der Waals surface area (Å²) in [5.74, 6) is 1.24. The molecule has 0 radical (unpaired) electrons. The first-order chi connectivity index (χ1) is 8.69. The third-order valence-corrected chi connectivity index (χ3v) is 3.46. The van der Waals surface area contributed by atoms with Crippen molar-refractivity contribution in [1.29, 1.82) is 0 Å².